The van der Waals surface area contributed by atoms with Gasteiger partial charge in [-0.3, -0.25) is 14.5 Å². The molecular weight excluding hydrogens is 220 g/mol. The van der Waals surface area contributed by atoms with Gasteiger partial charge >= 0.3 is 23.9 Å². The lowest BCUT2D eigenvalue weighted by Crippen LogP contribution is -2.31. The van der Waals surface area contributed by atoms with Gasteiger partial charge in [0, 0.05) is 0 Å². The fourth-order valence-corrected chi connectivity index (χ4v) is 0.622. The van der Waals surface area contributed by atoms with Crippen LogP contribution in [0.5, 0.6) is 0 Å². The molecule has 0 aromatic heterocycles. The third-order valence-corrected chi connectivity index (χ3v) is 1.19. The van der Waals surface area contributed by atoms with Crippen molar-refractivity contribution in [3.63, 3.8) is 0 Å². The summed E-state index contributed by atoms with van der Waals surface area (Å²) in [7, 11) is 3.14. The van der Waals surface area contributed by atoms with E-state index in [9.17, 15) is 19.2 Å². The molecule has 0 saturated carbocycles. The van der Waals surface area contributed by atoms with E-state index >= 15 is 0 Å². The molecule has 2 N–H and O–H groups in total. The number of esters is 4. The van der Waals surface area contributed by atoms with Crippen molar-refractivity contribution in [3.8, 4) is 0 Å². The van der Waals surface area contributed by atoms with Crippen LogP contribution in [0.3, 0.4) is 0 Å². The third kappa shape index (κ3) is 5.83. The second kappa shape index (κ2) is 6.64. The fourth-order valence-electron chi connectivity index (χ4n) is 0.622. The molecule has 90 valence electrons. The molecule has 0 spiro atoms. The minimum absolute atomic E-state index is 0.177. The molecule has 0 atom stereocenters. The van der Waals surface area contributed by atoms with Crippen LogP contribution in [0.15, 0.2) is 0 Å². The van der Waals surface area contributed by atoms with E-state index in [1.165, 1.54) is 4.90 Å². The number of likely N-dealkylation sites (N-methyl/N-ethyl adjacent to an activating group) is 1. The van der Waals surface area contributed by atoms with Gasteiger partial charge in [0.2, 0.25) is 0 Å². The summed E-state index contributed by atoms with van der Waals surface area (Å²) in [4.78, 5) is 44.5. The summed E-state index contributed by atoms with van der Waals surface area (Å²) >= 11 is 0. The van der Waals surface area contributed by atoms with Crippen molar-refractivity contribution in [2.45, 2.75) is 0 Å². The van der Waals surface area contributed by atoms with Gasteiger partial charge in [0.15, 0.2) is 0 Å². The maximum absolute atomic E-state index is 10.9. The Morgan fingerprint density at radius 2 is 1.44 bits per heavy atom. The molecule has 0 fully saturated rings. The van der Waals surface area contributed by atoms with Crippen LogP contribution in [-0.4, -0.2) is 56.0 Å². The Morgan fingerprint density at radius 1 is 1.00 bits per heavy atom. The summed E-state index contributed by atoms with van der Waals surface area (Å²) in [5.41, 5.74) is 4.84. The highest BCUT2D eigenvalue weighted by Crippen LogP contribution is 1.88. The van der Waals surface area contributed by atoms with Gasteiger partial charge in [-0.15, -0.1) is 0 Å². The van der Waals surface area contributed by atoms with Crippen molar-refractivity contribution in [1.82, 2.24) is 4.90 Å². The predicted molar refractivity (Wildman–Crippen MR) is 49.8 cm³/mol. The molecule has 0 aliphatic heterocycles. The van der Waals surface area contributed by atoms with E-state index < -0.39 is 30.4 Å². The van der Waals surface area contributed by atoms with Gasteiger partial charge in [0.1, 0.15) is 0 Å². The molecule has 0 aliphatic rings. The monoisotopic (exact) mass is 232 g/mol. The largest absolute Gasteiger partial charge is 0.425 e. The molecule has 0 aliphatic carbocycles. The summed E-state index contributed by atoms with van der Waals surface area (Å²) < 4.78 is 8.01. The summed E-state index contributed by atoms with van der Waals surface area (Å²) in [5.74, 6) is -5.12. The van der Waals surface area contributed by atoms with Gasteiger partial charge in [-0.2, -0.15) is 0 Å². The number of nitrogens with zero attached hydrogens (tertiary/aromatic N) is 1. The van der Waals surface area contributed by atoms with E-state index in [1.807, 2.05) is 0 Å². The Hall–Kier alpha value is -1.80. The maximum atomic E-state index is 10.9. The first-order valence-electron chi connectivity index (χ1n) is 4.21. The summed E-state index contributed by atoms with van der Waals surface area (Å²) in [6, 6.07) is 0. The fraction of sp³-hybridized carbons (Fsp3) is 0.500. The topological polar surface area (TPSA) is 116 Å². The molecule has 0 heterocycles. The highest BCUT2D eigenvalue weighted by molar-refractivity contribution is 6.33. The lowest BCUT2D eigenvalue weighted by atomic mass is 10.6. The average Bonchev–Trinajstić information content (AvgIpc) is 2.15. The highest BCUT2D eigenvalue weighted by atomic mass is 16.6. The first-order valence-corrected chi connectivity index (χ1v) is 4.21. The standard InChI is InChI=1S/C8H12N2O6/c1-10(2)4-6(12)16-8(14)7(13)15-5(11)3-9/h3-4,9H2,1-2H3. The molecule has 0 unspecified atom stereocenters. The van der Waals surface area contributed by atoms with E-state index in [1.54, 1.807) is 14.1 Å². The first kappa shape index (κ1) is 14.2. The van der Waals surface area contributed by atoms with Crippen molar-refractivity contribution in [1.29, 1.82) is 0 Å². The summed E-state index contributed by atoms with van der Waals surface area (Å²) in [6.07, 6.45) is 0. The van der Waals surface area contributed by atoms with Crippen molar-refractivity contribution < 1.29 is 28.7 Å². The average molecular weight is 232 g/mol. The zero-order valence-electron chi connectivity index (χ0n) is 8.89. The van der Waals surface area contributed by atoms with Crippen LogP contribution in [0.2, 0.25) is 0 Å². The van der Waals surface area contributed by atoms with Crippen molar-refractivity contribution in [2.75, 3.05) is 27.2 Å². The molecular formula is C8H12N2O6. The van der Waals surface area contributed by atoms with Crippen LogP contribution in [-0.2, 0) is 28.7 Å². The van der Waals surface area contributed by atoms with Gasteiger partial charge in [0.25, 0.3) is 0 Å². The SMILES string of the molecule is CN(C)CC(=O)OC(=O)C(=O)OC(=O)CN. The second-order valence-electron chi connectivity index (χ2n) is 2.96. The molecule has 16 heavy (non-hydrogen) atoms. The molecule has 0 aromatic rings. The molecule has 8 heteroatoms. The minimum Gasteiger partial charge on any atom is -0.384 e. The smallest absolute Gasteiger partial charge is 0.384 e. The second-order valence-corrected chi connectivity index (χ2v) is 2.96. The number of rotatable bonds is 3. The Bertz CT molecular complexity index is 312. The Labute approximate surface area is 91.3 Å². The number of carbonyl (C=O) groups is 4. The molecule has 0 bridgehead atoms. The lowest BCUT2D eigenvalue weighted by molar-refractivity contribution is -0.177. The Morgan fingerprint density at radius 3 is 1.81 bits per heavy atom. The number of hydrogen-bond donors (Lipinski definition) is 1. The molecule has 0 saturated heterocycles. The van der Waals surface area contributed by atoms with Crippen LogP contribution in [0.25, 0.3) is 0 Å². The van der Waals surface area contributed by atoms with Gasteiger partial charge < -0.3 is 15.2 Å². The number of ether oxygens (including phenoxy) is 2. The number of carbonyl (C=O) groups excluding carboxylic acids is 4. The molecule has 0 radical (unpaired) electrons. The van der Waals surface area contributed by atoms with Gasteiger partial charge in [0.05, 0.1) is 13.1 Å². The third-order valence-electron chi connectivity index (χ3n) is 1.19. The van der Waals surface area contributed by atoms with Gasteiger partial charge in [-0.25, -0.2) is 9.59 Å². The predicted octanol–water partition coefficient (Wildman–Crippen LogP) is -2.35. The van der Waals surface area contributed by atoms with E-state index in [0.29, 0.717) is 0 Å². The van der Waals surface area contributed by atoms with Crippen LogP contribution in [0, 0.1) is 0 Å². The molecule has 0 aromatic carbocycles. The zero-order valence-corrected chi connectivity index (χ0v) is 8.89. The molecule has 8 nitrogen and oxygen atoms in total. The van der Waals surface area contributed by atoms with Crippen LogP contribution in [0.1, 0.15) is 0 Å². The zero-order chi connectivity index (χ0) is 12.7. The Balaban J connectivity index is 4.11. The van der Waals surface area contributed by atoms with Crippen LogP contribution >= 0.6 is 0 Å². The van der Waals surface area contributed by atoms with E-state index in [2.05, 4.69) is 9.47 Å². The highest BCUT2D eigenvalue weighted by Gasteiger charge is 2.23. The van der Waals surface area contributed by atoms with Gasteiger partial charge in [-0.1, -0.05) is 0 Å². The maximum Gasteiger partial charge on any atom is 0.425 e. The summed E-state index contributed by atoms with van der Waals surface area (Å²) in [6.45, 7) is -0.728. The normalized spacial score (nSPS) is 9.75. The van der Waals surface area contributed by atoms with E-state index in [0.717, 1.165) is 0 Å². The van der Waals surface area contributed by atoms with Gasteiger partial charge in [-0.05, 0) is 14.1 Å². The van der Waals surface area contributed by atoms with E-state index in [-0.39, 0.29) is 6.54 Å². The first-order chi connectivity index (χ1) is 7.36. The Kier molecular flexibility index (Phi) is 5.89. The van der Waals surface area contributed by atoms with Crippen LogP contribution in [0.4, 0.5) is 0 Å². The minimum atomic E-state index is -1.57. The van der Waals surface area contributed by atoms with Crippen molar-refractivity contribution >= 4 is 23.9 Å². The summed E-state index contributed by atoms with van der Waals surface area (Å²) in [5, 5.41) is 0. The number of hydrogen-bond acceptors (Lipinski definition) is 8. The van der Waals surface area contributed by atoms with E-state index in [4.69, 9.17) is 5.73 Å². The number of nitrogens with two attached hydrogens (primary N) is 1. The molecule has 0 amide bonds. The van der Waals surface area contributed by atoms with Crippen LogP contribution < -0.4 is 5.73 Å². The van der Waals surface area contributed by atoms with Crippen molar-refractivity contribution in [2.24, 2.45) is 5.73 Å². The van der Waals surface area contributed by atoms with Crippen molar-refractivity contribution in [3.05, 3.63) is 0 Å². The quantitative estimate of drug-likeness (QED) is 0.326. The molecule has 0 rings (SSSR count). The lowest BCUT2D eigenvalue weighted by Gasteiger charge is -2.07.